The molecule has 0 aliphatic carbocycles. The Morgan fingerprint density at radius 3 is 2.75 bits per heavy atom. The van der Waals surface area contributed by atoms with Gasteiger partial charge in [0, 0.05) is 11.6 Å². The van der Waals surface area contributed by atoms with Gasteiger partial charge in [-0.3, -0.25) is 0 Å². The van der Waals surface area contributed by atoms with E-state index in [9.17, 15) is 4.39 Å². The molecule has 0 aromatic heterocycles. The van der Waals surface area contributed by atoms with Gasteiger partial charge in [0.05, 0.1) is 0 Å². The lowest BCUT2D eigenvalue weighted by atomic mass is 10.1. The summed E-state index contributed by atoms with van der Waals surface area (Å²) < 4.78 is 18.6. The fourth-order valence-electron chi connectivity index (χ4n) is 1.79. The molecule has 0 radical (unpaired) electrons. The predicted molar refractivity (Wildman–Crippen MR) is 74.4 cm³/mol. The largest absolute Gasteiger partial charge is 0.489 e. The van der Waals surface area contributed by atoms with Crippen LogP contribution >= 0.6 is 0 Å². The molecular formula is C15H15FN2O2. The standard InChI is InChI=1S/C15H15FN2O2/c1-10-7-11(15(17)18-19)5-6-12(10)9-20-14-4-2-3-13(16)8-14/h2-8,19H,9H2,1H3,(H2,17,18). The van der Waals surface area contributed by atoms with Crippen molar-refractivity contribution in [3.63, 3.8) is 0 Å². The molecule has 0 bridgehead atoms. The maximum absolute atomic E-state index is 13.0. The van der Waals surface area contributed by atoms with Crippen LogP contribution < -0.4 is 10.5 Å². The fraction of sp³-hybridized carbons (Fsp3) is 0.133. The number of nitrogens with zero attached hydrogens (tertiary/aromatic N) is 1. The van der Waals surface area contributed by atoms with E-state index < -0.39 is 0 Å². The van der Waals surface area contributed by atoms with E-state index in [4.69, 9.17) is 15.7 Å². The summed E-state index contributed by atoms with van der Waals surface area (Å²) in [5, 5.41) is 11.6. The van der Waals surface area contributed by atoms with Crippen LogP contribution in [-0.4, -0.2) is 11.0 Å². The highest BCUT2D eigenvalue weighted by Gasteiger charge is 2.05. The monoisotopic (exact) mass is 274 g/mol. The second-order valence-electron chi connectivity index (χ2n) is 4.37. The Labute approximate surface area is 116 Å². The molecule has 0 fully saturated rings. The lowest BCUT2D eigenvalue weighted by Crippen LogP contribution is -2.13. The van der Waals surface area contributed by atoms with E-state index in [1.54, 1.807) is 24.3 Å². The van der Waals surface area contributed by atoms with Crippen LogP contribution in [0, 0.1) is 12.7 Å². The first-order valence-electron chi connectivity index (χ1n) is 6.06. The highest BCUT2D eigenvalue weighted by Crippen LogP contribution is 2.17. The zero-order valence-corrected chi connectivity index (χ0v) is 11.0. The van der Waals surface area contributed by atoms with Crippen LogP contribution in [-0.2, 0) is 6.61 Å². The number of ether oxygens (including phenoxy) is 1. The maximum Gasteiger partial charge on any atom is 0.170 e. The van der Waals surface area contributed by atoms with Crippen molar-refractivity contribution in [1.29, 1.82) is 0 Å². The van der Waals surface area contributed by atoms with Crippen LogP contribution in [0.5, 0.6) is 5.75 Å². The number of amidine groups is 1. The minimum absolute atomic E-state index is 0.0608. The summed E-state index contributed by atoms with van der Waals surface area (Å²) in [5.41, 5.74) is 8.06. The Bertz CT molecular complexity index is 642. The third-order valence-corrected chi connectivity index (χ3v) is 2.94. The molecule has 0 amide bonds. The van der Waals surface area contributed by atoms with E-state index in [1.807, 2.05) is 13.0 Å². The van der Waals surface area contributed by atoms with Crippen LogP contribution in [0.25, 0.3) is 0 Å². The summed E-state index contributed by atoms with van der Waals surface area (Å²) in [4.78, 5) is 0. The minimum Gasteiger partial charge on any atom is -0.489 e. The number of benzene rings is 2. The SMILES string of the molecule is Cc1cc(/C(N)=N/O)ccc1COc1cccc(F)c1. The van der Waals surface area contributed by atoms with Crippen LogP contribution in [0.15, 0.2) is 47.6 Å². The molecule has 2 aromatic carbocycles. The summed E-state index contributed by atoms with van der Waals surface area (Å²) in [6.45, 7) is 2.23. The van der Waals surface area contributed by atoms with E-state index in [2.05, 4.69) is 5.16 Å². The summed E-state index contributed by atoms with van der Waals surface area (Å²) >= 11 is 0. The molecule has 5 heteroatoms. The van der Waals surface area contributed by atoms with Gasteiger partial charge >= 0.3 is 0 Å². The zero-order chi connectivity index (χ0) is 14.5. The number of oxime groups is 1. The van der Waals surface area contributed by atoms with Crippen molar-refractivity contribution < 1.29 is 14.3 Å². The number of halogens is 1. The topological polar surface area (TPSA) is 67.8 Å². The molecule has 0 unspecified atom stereocenters. The summed E-state index contributed by atoms with van der Waals surface area (Å²) in [6.07, 6.45) is 0. The smallest absolute Gasteiger partial charge is 0.170 e. The Morgan fingerprint density at radius 2 is 2.10 bits per heavy atom. The lowest BCUT2D eigenvalue weighted by molar-refractivity contribution is 0.304. The van der Waals surface area contributed by atoms with E-state index in [0.717, 1.165) is 11.1 Å². The van der Waals surface area contributed by atoms with Gasteiger partial charge in [-0.2, -0.15) is 0 Å². The maximum atomic E-state index is 13.0. The van der Waals surface area contributed by atoms with Crippen LogP contribution in [0.4, 0.5) is 4.39 Å². The van der Waals surface area contributed by atoms with Gasteiger partial charge in [-0.15, -0.1) is 0 Å². The van der Waals surface area contributed by atoms with Crippen LogP contribution in [0.1, 0.15) is 16.7 Å². The zero-order valence-electron chi connectivity index (χ0n) is 11.0. The second-order valence-corrected chi connectivity index (χ2v) is 4.37. The summed E-state index contributed by atoms with van der Waals surface area (Å²) in [7, 11) is 0. The first-order chi connectivity index (χ1) is 9.60. The van der Waals surface area contributed by atoms with Gasteiger partial charge in [-0.1, -0.05) is 23.4 Å². The quantitative estimate of drug-likeness (QED) is 0.390. The van der Waals surface area contributed by atoms with Crippen molar-refractivity contribution in [2.24, 2.45) is 10.9 Å². The number of rotatable bonds is 4. The van der Waals surface area contributed by atoms with Gasteiger partial charge < -0.3 is 15.7 Å². The summed E-state index contributed by atoms with van der Waals surface area (Å²) in [6, 6.07) is 11.4. The molecule has 0 aliphatic rings. The van der Waals surface area contributed by atoms with Gasteiger partial charge in [0.2, 0.25) is 0 Å². The molecule has 104 valence electrons. The van der Waals surface area contributed by atoms with E-state index in [0.29, 0.717) is 17.9 Å². The van der Waals surface area contributed by atoms with Crippen molar-refractivity contribution in [2.45, 2.75) is 13.5 Å². The van der Waals surface area contributed by atoms with E-state index in [-0.39, 0.29) is 11.7 Å². The lowest BCUT2D eigenvalue weighted by Gasteiger charge is -2.10. The number of aryl methyl sites for hydroxylation is 1. The Kier molecular flexibility index (Phi) is 4.20. The number of nitrogens with two attached hydrogens (primary N) is 1. The first-order valence-corrected chi connectivity index (χ1v) is 6.06. The highest BCUT2D eigenvalue weighted by atomic mass is 19.1. The summed E-state index contributed by atoms with van der Waals surface area (Å²) in [5.74, 6) is 0.206. The molecule has 0 spiro atoms. The molecule has 0 atom stereocenters. The molecule has 0 heterocycles. The molecule has 2 rings (SSSR count). The Morgan fingerprint density at radius 1 is 1.30 bits per heavy atom. The van der Waals surface area contributed by atoms with Crippen molar-refractivity contribution in [2.75, 3.05) is 0 Å². The van der Waals surface area contributed by atoms with Gasteiger partial charge in [0.25, 0.3) is 0 Å². The minimum atomic E-state index is -0.332. The Balaban J connectivity index is 2.11. The van der Waals surface area contributed by atoms with Crippen molar-refractivity contribution >= 4 is 5.84 Å². The van der Waals surface area contributed by atoms with Crippen molar-refractivity contribution in [1.82, 2.24) is 0 Å². The molecular weight excluding hydrogens is 259 g/mol. The number of hydrogen-bond donors (Lipinski definition) is 2. The van der Waals surface area contributed by atoms with Gasteiger partial charge in [0.15, 0.2) is 5.84 Å². The average Bonchev–Trinajstić information content (AvgIpc) is 2.45. The molecule has 2 aromatic rings. The van der Waals surface area contributed by atoms with Crippen LogP contribution in [0.2, 0.25) is 0 Å². The van der Waals surface area contributed by atoms with Gasteiger partial charge in [-0.05, 0) is 36.2 Å². The van der Waals surface area contributed by atoms with E-state index >= 15 is 0 Å². The molecule has 4 nitrogen and oxygen atoms in total. The molecule has 0 saturated carbocycles. The van der Waals surface area contributed by atoms with Gasteiger partial charge in [0.1, 0.15) is 18.2 Å². The normalized spacial score (nSPS) is 11.4. The fourth-order valence-corrected chi connectivity index (χ4v) is 1.79. The van der Waals surface area contributed by atoms with Gasteiger partial charge in [-0.25, -0.2) is 4.39 Å². The number of hydrogen-bond acceptors (Lipinski definition) is 3. The first kappa shape index (κ1) is 13.9. The highest BCUT2D eigenvalue weighted by molar-refractivity contribution is 5.97. The van der Waals surface area contributed by atoms with Crippen molar-refractivity contribution in [3.8, 4) is 5.75 Å². The van der Waals surface area contributed by atoms with Crippen molar-refractivity contribution in [3.05, 3.63) is 65.0 Å². The third kappa shape index (κ3) is 3.26. The molecule has 0 aliphatic heterocycles. The van der Waals surface area contributed by atoms with E-state index in [1.165, 1.54) is 12.1 Å². The molecule has 20 heavy (non-hydrogen) atoms. The second kappa shape index (κ2) is 6.06. The average molecular weight is 274 g/mol. The predicted octanol–water partition coefficient (Wildman–Crippen LogP) is 2.81. The third-order valence-electron chi connectivity index (χ3n) is 2.94. The van der Waals surface area contributed by atoms with Crippen LogP contribution in [0.3, 0.4) is 0 Å². The molecule has 3 N–H and O–H groups in total. The Hall–Kier alpha value is -2.56. The molecule has 0 saturated heterocycles.